The van der Waals surface area contributed by atoms with Gasteiger partial charge in [-0.15, -0.1) is 0 Å². The van der Waals surface area contributed by atoms with Crippen LogP contribution in [0.1, 0.15) is 33.1 Å². The second kappa shape index (κ2) is 8.61. The van der Waals surface area contributed by atoms with Crippen LogP contribution < -0.4 is 5.32 Å². The Labute approximate surface area is 102 Å². The first-order valence-corrected chi connectivity index (χ1v) is 5.78. The predicted molar refractivity (Wildman–Crippen MR) is 64.8 cm³/mol. The van der Waals surface area contributed by atoms with Crippen molar-refractivity contribution in [3.63, 3.8) is 0 Å². The number of carbonyl (C=O) groups excluding carboxylic acids is 1. The molecule has 0 heterocycles. The fraction of sp³-hybridized carbons (Fsp3) is 0.667. The summed E-state index contributed by atoms with van der Waals surface area (Å²) in [7, 11) is 0. The van der Waals surface area contributed by atoms with E-state index in [-0.39, 0.29) is 12.5 Å². The zero-order chi connectivity index (χ0) is 13.3. The minimum atomic E-state index is -1.04. The SMILES string of the molecule is C=CCOC(=O)NC(CC(C)CCC)C(=O)O. The van der Waals surface area contributed by atoms with Crippen molar-refractivity contribution in [2.45, 2.75) is 39.2 Å². The molecule has 2 atom stereocenters. The molecule has 0 fully saturated rings. The molecule has 1 amide bonds. The monoisotopic (exact) mass is 243 g/mol. The van der Waals surface area contributed by atoms with Crippen molar-refractivity contribution < 1.29 is 19.4 Å². The number of ether oxygens (including phenoxy) is 1. The molecule has 0 bridgehead atoms. The summed E-state index contributed by atoms with van der Waals surface area (Å²) in [5, 5.41) is 11.3. The fourth-order valence-electron chi connectivity index (χ4n) is 1.55. The lowest BCUT2D eigenvalue weighted by Crippen LogP contribution is -2.42. The smallest absolute Gasteiger partial charge is 0.408 e. The van der Waals surface area contributed by atoms with Crippen molar-refractivity contribution in [2.75, 3.05) is 6.61 Å². The van der Waals surface area contributed by atoms with Crippen LogP contribution in [-0.4, -0.2) is 29.8 Å². The van der Waals surface area contributed by atoms with Crippen LogP contribution in [0.15, 0.2) is 12.7 Å². The summed E-state index contributed by atoms with van der Waals surface area (Å²) in [6, 6.07) is -0.895. The minimum absolute atomic E-state index is 0.0721. The first-order valence-electron chi connectivity index (χ1n) is 5.78. The summed E-state index contributed by atoms with van der Waals surface area (Å²) < 4.78 is 4.68. The van der Waals surface area contributed by atoms with E-state index in [0.29, 0.717) is 6.42 Å². The van der Waals surface area contributed by atoms with E-state index in [1.54, 1.807) is 0 Å². The highest BCUT2D eigenvalue weighted by Gasteiger charge is 2.22. The van der Waals surface area contributed by atoms with Gasteiger partial charge >= 0.3 is 12.1 Å². The van der Waals surface area contributed by atoms with Crippen LogP contribution in [0.25, 0.3) is 0 Å². The maximum Gasteiger partial charge on any atom is 0.408 e. The summed E-state index contributed by atoms with van der Waals surface area (Å²) in [6.45, 7) is 7.48. The topological polar surface area (TPSA) is 75.6 Å². The first kappa shape index (κ1) is 15.5. The van der Waals surface area contributed by atoms with Gasteiger partial charge < -0.3 is 15.2 Å². The van der Waals surface area contributed by atoms with Gasteiger partial charge in [0.15, 0.2) is 0 Å². The van der Waals surface area contributed by atoms with Gasteiger partial charge in [-0.3, -0.25) is 0 Å². The number of carboxylic acid groups (broad SMARTS) is 1. The summed E-state index contributed by atoms with van der Waals surface area (Å²) in [6.07, 6.45) is 3.05. The van der Waals surface area contributed by atoms with E-state index >= 15 is 0 Å². The summed E-state index contributed by atoms with van der Waals surface area (Å²) in [4.78, 5) is 22.2. The van der Waals surface area contributed by atoms with Gasteiger partial charge in [0.1, 0.15) is 12.6 Å². The molecule has 5 heteroatoms. The number of carbonyl (C=O) groups is 2. The Hall–Kier alpha value is -1.52. The number of amides is 1. The number of hydrogen-bond donors (Lipinski definition) is 2. The third kappa shape index (κ3) is 7.38. The van der Waals surface area contributed by atoms with E-state index in [9.17, 15) is 9.59 Å². The highest BCUT2D eigenvalue weighted by atomic mass is 16.5. The lowest BCUT2D eigenvalue weighted by atomic mass is 9.97. The Bertz CT molecular complexity index is 265. The number of aliphatic carboxylic acids is 1. The third-order valence-corrected chi connectivity index (χ3v) is 2.34. The van der Waals surface area contributed by atoms with Gasteiger partial charge in [-0.1, -0.05) is 39.3 Å². The predicted octanol–water partition coefficient (Wildman–Crippen LogP) is 2.18. The molecular formula is C12H21NO4. The lowest BCUT2D eigenvalue weighted by molar-refractivity contribution is -0.139. The molecule has 0 aliphatic carbocycles. The van der Waals surface area contributed by atoms with E-state index in [0.717, 1.165) is 12.8 Å². The van der Waals surface area contributed by atoms with E-state index in [4.69, 9.17) is 5.11 Å². The minimum Gasteiger partial charge on any atom is -0.480 e. The van der Waals surface area contributed by atoms with Crippen LogP contribution in [0.5, 0.6) is 0 Å². The molecule has 5 nitrogen and oxygen atoms in total. The number of rotatable bonds is 8. The molecule has 0 aromatic rings. The van der Waals surface area contributed by atoms with Gasteiger partial charge in [0.25, 0.3) is 0 Å². The van der Waals surface area contributed by atoms with E-state index in [1.807, 2.05) is 13.8 Å². The molecule has 2 N–H and O–H groups in total. The van der Waals surface area contributed by atoms with Crippen LogP contribution in [-0.2, 0) is 9.53 Å². The van der Waals surface area contributed by atoms with Crippen molar-refractivity contribution in [1.29, 1.82) is 0 Å². The third-order valence-electron chi connectivity index (χ3n) is 2.34. The van der Waals surface area contributed by atoms with Crippen molar-refractivity contribution >= 4 is 12.1 Å². The van der Waals surface area contributed by atoms with Crippen LogP contribution in [0, 0.1) is 5.92 Å². The van der Waals surface area contributed by atoms with Gasteiger partial charge in [0, 0.05) is 0 Å². The van der Waals surface area contributed by atoms with Gasteiger partial charge in [-0.05, 0) is 12.3 Å². The van der Waals surface area contributed by atoms with Crippen molar-refractivity contribution in [3.05, 3.63) is 12.7 Å². The molecule has 2 unspecified atom stereocenters. The number of nitrogens with one attached hydrogen (secondary N) is 1. The maximum atomic E-state index is 11.2. The average molecular weight is 243 g/mol. The molecule has 17 heavy (non-hydrogen) atoms. The van der Waals surface area contributed by atoms with E-state index in [2.05, 4.69) is 16.6 Å². The Morgan fingerprint density at radius 2 is 2.18 bits per heavy atom. The standard InChI is InChI=1S/C12H21NO4/c1-4-6-9(3)8-10(11(14)15)13-12(16)17-7-5-2/h5,9-10H,2,4,6-8H2,1,3H3,(H,13,16)(H,14,15). The van der Waals surface area contributed by atoms with Gasteiger partial charge in [0.05, 0.1) is 0 Å². The summed E-state index contributed by atoms with van der Waals surface area (Å²) in [5.41, 5.74) is 0. The quantitative estimate of drug-likeness (QED) is 0.641. The highest BCUT2D eigenvalue weighted by molar-refractivity contribution is 5.79. The molecule has 98 valence electrons. The maximum absolute atomic E-state index is 11.2. The van der Waals surface area contributed by atoms with E-state index < -0.39 is 18.1 Å². The zero-order valence-electron chi connectivity index (χ0n) is 10.4. The molecule has 0 aliphatic heterocycles. The molecule has 0 radical (unpaired) electrons. The Balaban J connectivity index is 4.19. The van der Waals surface area contributed by atoms with E-state index in [1.165, 1.54) is 6.08 Å². The molecule has 0 aliphatic rings. The molecule has 0 aromatic heterocycles. The van der Waals surface area contributed by atoms with Gasteiger partial charge in [-0.25, -0.2) is 9.59 Å². The molecular weight excluding hydrogens is 222 g/mol. The average Bonchev–Trinajstić information content (AvgIpc) is 2.25. The second-order valence-electron chi connectivity index (χ2n) is 4.05. The largest absolute Gasteiger partial charge is 0.480 e. The van der Waals surface area contributed by atoms with Gasteiger partial charge in [-0.2, -0.15) is 0 Å². The second-order valence-corrected chi connectivity index (χ2v) is 4.05. The Kier molecular flexibility index (Phi) is 7.84. The highest BCUT2D eigenvalue weighted by Crippen LogP contribution is 2.12. The normalized spacial score (nSPS) is 13.5. The molecule has 0 aromatic carbocycles. The number of alkyl carbamates (subject to hydrolysis) is 1. The molecule has 0 rings (SSSR count). The molecule has 0 saturated carbocycles. The van der Waals surface area contributed by atoms with Gasteiger partial charge in [0.2, 0.25) is 0 Å². The Morgan fingerprint density at radius 1 is 1.53 bits per heavy atom. The Morgan fingerprint density at radius 3 is 2.65 bits per heavy atom. The molecule has 0 spiro atoms. The van der Waals surface area contributed by atoms with Crippen molar-refractivity contribution in [3.8, 4) is 0 Å². The summed E-state index contributed by atoms with van der Waals surface area (Å²) in [5.74, 6) is -0.788. The van der Waals surface area contributed by atoms with Crippen LogP contribution >= 0.6 is 0 Å². The zero-order valence-corrected chi connectivity index (χ0v) is 10.4. The van der Waals surface area contributed by atoms with Crippen LogP contribution in [0.3, 0.4) is 0 Å². The summed E-state index contributed by atoms with van der Waals surface area (Å²) >= 11 is 0. The van der Waals surface area contributed by atoms with Crippen molar-refractivity contribution in [2.24, 2.45) is 5.92 Å². The number of carboxylic acids is 1. The number of hydrogen-bond acceptors (Lipinski definition) is 3. The molecule has 0 saturated heterocycles. The fourth-order valence-corrected chi connectivity index (χ4v) is 1.55. The van der Waals surface area contributed by atoms with Crippen LogP contribution in [0.4, 0.5) is 4.79 Å². The lowest BCUT2D eigenvalue weighted by Gasteiger charge is -2.18. The first-order chi connectivity index (χ1) is 8.01. The van der Waals surface area contributed by atoms with Crippen molar-refractivity contribution in [1.82, 2.24) is 5.32 Å². The van der Waals surface area contributed by atoms with Crippen LogP contribution in [0.2, 0.25) is 0 Å².